The average Bonchev–Trinajstić information content (AvgIpc) is 3.08. The summed E-state index contributed by atoms with van der Waals surface area (Å²) in [7, 11) is -1.05. The third kappa shape index (κ3) is 3.13. The zero-order valence-corrected chi connectivity index (χ0v) is 13.4. The molecule has 0 aliphatic carbocycles. The van der Waals surface area contributed by atoms with Crippen LogP contribution in [0.3, 0.4) is 0 Å². The Hall–Kier alpha value is -1.35. The van der Waals surface area contributed by atoms with Gasteiger partial charge in [0.1, 0.15) is 11.6 Å². The normalized spacial score (nSPS) is 21.0. The van der Waals surface area contributed by atoms with Crippen molar-refractivity contribution in [3.8, 4) is 0 Å². The summed E-state index contributed by atoms with van der Waals surface area (Å²) >= 11 is 1.50. The quantitative estimate of drug-likeness (QED) is 0.781. The molecule has 3 rings (SSSR count). The van der Waals surface area contributed by atoms with Gasteiger partial charge in [0.15, 0.2) is 15.0 Å². The van der Waals surface area contributed by atoms with Crippen LogP contribution in [-0.4, -0.2) is 39.8 Å². The number of rotatable bonds is 4. The van der Waals surface area contributed by atoms with Crippen LogP contribution in [-0.2, 0) is 22.6 Å². The van der Waals surface area contributed by atoms with Crippen LogP contribution in [0.1, 0.15) is 29.6 Å². The number of sulfone groups is 1. The Labute approximate surface area is 127 Å². The van der Waals surface area contributed by atoms with Gasteiger partial charge < -0.3 is 9.09 Å². The van der Waals surface area contributed by atoms with Crippen molar-refractivity contribution in [1.82, 2.24) is 19.9 Å². The maximum Gasteiger partial charge on any atom is 0.191 e. The summed E-state index contributed by atoms with van der Waals surface area (Å²) in [5.74, 6) is 2.51. The van der Waals surface area contributed by atoms with Crippen LogP contribution in [0.2, 0.25) is 0 Å². The number of aryl methyl sites for hydroxylation is 1. The molecule has 0 radical (unpaired) electrons. The monoisotopic (exact) mass is 328 g/mol. The van der Waals surface area contributed by atoms with E-state index in [-0.39, 0.29) is 17.4 Å². The molecule has 7 nitrogen and oxygen atoms in total. The molecule has 0 spiro atoms. The van der Waals surface area contributed by atoms with E-state index in [4.69, 9.17) is 4.52 Å². The molecule has 0 bridgehead atoms. The minimum Gasteiger partial charge on any atom is -0.360 e. The van der Waals surface area contributed by atoms with Gasteiger partial charge in [-0.1, -0.05) is 16.9 Å². The fourth-order valence-electron chi connectivity index (χ4n) is 2.43. The summed E-state index contributed by atoms with van der Waals surface area (Å²) in [6.07, 6.45) is 0.625. The zero-order chi connectivity index (χ0) is 15.0. The van der Waals surface area contributed by atoms with Crippen molar-refractivity contribution in [3.05, 3.63) is 23.3 Å². The predicted octanol–water partition coefficient (Wildman–Crippen LogP) is 1.31. The van der Waals surface area contributed by atoms with Gasteiger partial charge in [-0.25, -0.2) is 8.42 Å². The number of aromatic nitrogens is 4. The first-order valence-corrected chi connectivity index (χ1v) is 9.40. The van der Waals surface area contributed by atoms with E-state index in [9.17, 15) is 8.42 Å². The molecule has 1 fully saturated rings. The molecular formula is C12H16N4O3S2. The minimum atomic E-state index is -2.91. The first-order chi connectivity index (χ1) is 9.94. The summed E-state index contributed by atoms with van der Waals surface area (Å²) < 4.78 is 30.2. The molecule has 0 saturated carbocycles. The largest absolute Gasteiger partial charge is 0.360 e. The highest BCUT2D eigenvalue weighted by atomic mass is 32.2. The Morgan fingerprint density at radius 1 is 1.48 bits per heavy atom. The van der Waals surface area contributed by atoms with Gasteiger partial charge in [-0.05, 0) is 13.3 Å². The second kappa shape index (κ2) is 5.45. The molecule has 114 valence electrons. The van der Waals surface area contributed by atoms with Crippen LogP contribution in [0.25, 0.3) is 0 Å². The van der Waals surface area contributed by atoms with Crippen molar-refractivity contribution in [2.45, 2.75) is 30.2 Å². The Bertz CT molecular complexity index is 750. The zero-order valence-electron chi connectivity index (χ0n) is 11.8. The molecule has 2 aromatic rings. The van der Waals surface area contributed by atoms with Gasteiger partial charge >= 0.3 is 0 Å². The van der Waals surface area contributed by atoms with E-state index >= 15 is 0 Å². The molecule has 1 saturated heterocycles. The van der Waals surface area contributed by atoms with E-state index in [1.54, 1.807) is 0 Å². The number of thioether (sulfide) groups is 1. The first kappa shape index (κ1) is 14.6. The highest BCUT2D eigenvalue weighted by Gasteiger charge is 2.32. The lowest BCUT2D eigenvalue weighted by Gasteiger charge is -2.07. The van der Waals surface area contributed by atoms with Crippen molar-refractivity contribution >= 4 is 21.6 Å². The van der Waals surface area contributed by atoms with Crippen molar-refractivity contribution in [2.24, 2.45) is 7.05 Å². The number of hydrogen-bond donors (Lipinski definition) is 0. The average molecular weight is 328 g/mol. The maximum atomic E-state index is 11.6. The molecule has 1 unspecified atom stereocenters. The summed E-state index contributed by atoms with van der Waals surface area (Å²) in [5, 5.41) is 12.9. The highest BCUT2D eigenvalue weighted by molar-refractivity contribution is 7.98. The lowest BCUT2D eigenvalue weighted by molar-refractivity contribution is 0.391. The smallest absolute Gasteiger partial charge is 0.191 e. The Kier molecular flexibility index (Phi) is 3.78. The summed E-state index contributed by atoms with van der Waals surface area (Å²) in [6, 6.07) is 1.88. The van der Waals surface area contributed by atoms with Crippen molar-refractivity contribution in [3.63, 3.8) is 0 Å². The molecule has 1 aliphatic rings. The third-order valence-corrected chi connectivity index (χ3v) is 6.30. The van der Waals surface area contributed by atoms with Crippen molar-refractivity contribution in [2.75, 3.05) is 11.5 Å². The second-order valence-electron chi connectivity index (χ2n) is 5.22. The van der Waals surface area contributed by atoms with Gasteiger partial charge in [0.05, 0.1) is 23.0 Å². The van der Waals surface area contributed by atoms with Gasteiger partial charge in [0.25, 0.3) is 0 Å². The Morgan fingerprint density at radius 3 is 2.90 bits per heavy atom. The van der Waals surface area contributed by atoms with E-state index in [2.05, 4.69) is 15.4 Å². The molecule has 21 heavy (non-hydrogen) atoms. The summed E-state index contributed by atoms with van der Waals surface area (Å²) in [5.41, 5.74) is 0.848. The lowest BCUT2D eigenvalue weighted by Crippen LogP contribution is -2.09. The number of nitrogens with zero attached hydrogens (tertiary/aromatic N) is 4. The SMILES string of the molecule is Cc1cc(CSc2nnc(C3CCS(=O)(=O)C3)n2C)on1. The Balaban J connectivity index is 1.71. The molecule has 9 heteroatoms. The van der Waals surface area contributed by atoms with Crippen LogP contribution in [0.5, 0.6) is 0 Å². The standard InChI is InChI=1S/C12H16N4O3S2/c1-8-5-10(19-15-8)6-20-12-14-13-11(16(12)2)9-3-4-21(17,18)7-9/h5,9H,3-4,6-7H2,1-2H3. The summed E-state index contributed by atoms with van der Waals surface area (Å²) in [4.78, 5) is 0. The molecule has 0 N–H and O–H groups in total. The molecule has 1 atom stereocenters. The topological polar surface area (TPSA) is 90.9 Å². The van der Waals surface area contributed by atoms with Gasteiger partial charge in [-0.15, -0.1) is 10.2 Å². The molecule has 2 aromatic heterocycles. The van der Waals surface area contributed by atoms with Crippen molar-refractivity contribution < 1.29 is 12.9 Å². The summed E-state index contributed by atoms with van der Waals surface area (Å²) in [6.45, 7) is 1.87. The van der Waals surface area contributed by atoms with Crippen LogP contribution in [0.15, 0.2) is 15.7 Å². The van der Waals surface area contributed by atoms with Gasteiger partial charge in [0.2, 0.25) is 0 Å². The third-order valence-electron chi connectivity index (χ3n) is 3.49. The van der Waals surface area contributed by atoms with E-state index in [1.165, 1.54) is 11.8 Å². The number of hydrogen-bond acceptors (Lipinski definition) is 7. The van der Waals surface area contributed by atoms with E-state index in [0.717, 1.165) is 22.4 Å². The van der Waals surface area contributed by atoms with Crippen LogP contribution >= 0.6 is 11.8 Å². The first-order valence-electron chi connectivity index (χ1n) is 6.59. The fraction of sp³-hybridized carbons (Fsp3) is 0.583. The van der Waals surface area contributed by atoms with E-state index in [1.807, 2.05) is 24.6 Å². The van der Waals surface area contributed by atoms with Gasteiger partial charge in [-0.2, -0.15) is 0 Å². The van der Waals surface area contributed by atoms with Crippen LogP contribution in [0, 0.1) is 6.92 Å². The van der Waals surface area contributed by atoms with E-state index in [0.29, 0.717) is 12.2 Å². The molecular weight excluding hydrogens is 312 g/mol. The lowest BCUT2D eigenvalue weighted by atomic mass is 10.1. The molecule has 0 amide bonds. The minimum absolute atomic E-state index is 0.0469. The van der Waals surface area contributed by atoms with Gasteiger partial charge in [0, 0.05) is 19.0 Å². The fourth-order valence-corrected chi connectivity index (χ4v) is 4.96. The van der Waals surface area contributed by atoms with E-state index < -0.39 is 9.84 Å². The molecule has 0 aromatic carbocycles. The Morgan fingerprint density at radius 2 is 2.29 bits per heavy atom. The second-order valence-corrected chi connectivity index (χ2v) is 8.39. The predicted molar refractivity (Wildman–Crippen MR) is 77.8 cm³/mol. The highest BCUT2D eigenvalue weighted by Crippen LogP contribution is 2.30. The van der Waals surface area contributed by atoms with Gasteiger partial charge in [-0.3, -0.25) is 0 Å². The molecule has 3 heterocycles. The van der Waals surface area contributed by atoms with Crippen LogP contribution < -0.4 is 0 Å². The maximum absolute atomic E-state index is 11.6. The van der Waals surface area contributed by atoms with Crippen LogP contribution in [0.4, 0.5) is 0 Å². The van der Waals surface area contributed by atoms with Crippen molar-refractivity contribution in [1.29, 1.82) is 0 Å². The molecule has 1 aliphatic heterocycles.